The molecule has 1 atom stereocenters. The van der Waals surface area contributed by atoms with Crippen molar-refractivity contribution in [1.29, 1.82) is 0 Å². The zero-order valence-corrected chi connectivity index (χ0v) is 20.4. The van der Waals surface area contributed by atoms with E-state index < -0.39 is 0 Å². The summed E-state index contributed by atoms with van der Waals surface area (Å²) in [5.41, 5.74) is 6.79. The lowest BCUT2D eigenvalue weighted by atomic mass is 9.87. The maximum absolute atomic E-state index is 6.50. The van der Waals surface area contributed by atoms with Gasteiger partial charge in [0, 0.05) is 0 Å². The van der Waals surface area contributed by atoms with E-state index in [1.165, 1.54) is 34.3 Å². The number of hydrogen-bond donors (Lipinski definition) is 0. The van der Waals surface area contributed by atoms with Gasteiger partial charge in [0.25, 0.3) is 0 Å². The van der Waals surface area contributed by atoms with Gasteiger partial charge in [-0.25, -0.2) is 0 Å². The minimum absolute atomic E-state index is 0.0788. The molecule has 1 aliphatic rings. The van der Waals surface area contributed by atoms with Crippen LogP contribution in [0.25, 0.3) is 0 Å². The largest absolute Gasteiger partial charge is 0.497 e. The summed E-state index contributed by atoms with van der Waals surface area (Å²) in [4.78, 5) is 0. The smallest absolute Gasteiger partial charge is 0.126 e. The molecular formula is C28H42O2. The maximum Gasteiger partial charge on any atom is 0.126 e. The second-order valence-electron chi connectivity index (χ2n) is 9.48. The number of ether oxygens (including phenoxy) is 2. The molecule has 0 saturated heterocycles. The Bertz CT molecular complexity index is 793. The molecule has 0 spiro atoms. The summed E-state index contributed by atoms with van der Waals surface area (Å²) in [6, 6.07) is 4.20. The average Bonchev–Trinajstić information content (AvgIpc) is 2.68. The van der Waals surface area contributed by atoms with Crippen molar-refractivity contribution < 1.29 is 9.47 Å². The van der Waals surface area contributed by atoms with Crippen LogP contribution in [0, 0.1) is 6.92 Å². The molecule has 1 aromatic rings. The molecule has 1 aliphatic heterocycles. The summed E-state index contributed by atoms with van der Waals surface area (Å²) in [6.07, 6.45) is 16.0. The molecule has 0 amide bonds. The van der Waals surface area contributed by atoms with Gasteiger partial charge in [0.2, 0.25) is 0 Å². The molecular weight excluding hydrogens is 368 g/mol. The SMILES string of the molecule is COc1cc(C)c2c(c1)CC[C@](C)(CC/C=C(\C)CC/C=C(\C)CCC=C(C)C)O2. The van der Waals surface area contributed by atoms with E-state index in [2.05, 4.69) is 71.9 Å². The lowest BCUT2D eigenvalue weighted by molar-refractivity contribution is 0.0561. The predicted octanol–water partition coefficient (Wildman–Crippen LogP) is 8.29. The van der Waals surface area contributed by atoms with Crippen molar-refractivity contribution in [2.24, 2.45) is 0 Å². The fourth-order valence-electron chi connectivity index (χ4n) is 4.10. The molecule has 0 aliphatic carbocycles. The highest BCUT2D eigenvalue weighted by Gasteiger charge is 2.32. The molecule has 0 saturated carbocycles. The summed E-state index contributed by atoms with van der Waals surface area (Å²) in [7, 11) is 1.73. The highest BCUT2D eigenvalue weighted by molar-refractivity contribution is 5.48. The van der Waals surface area contributed by atoms with Gasteiger partial charge in [0.15, 0.2) is 0 Å². The molecule has 1 aromatic carbocycles. The van der Waals surface area contributed by atoms with Crippen molar-refractivity contribution in [3.8, 4) is 11.5 Å². The topological polar surface area (TPSA) is 18.5 Å². The molecule has 2 heteroatoms. The monoisotopic (exact) mass is 410 g/mol. The first-order valence-electron chi connectivity index (χ1n) is 11.5. The molecule has 0 N–H and O–H groups in total. The van der Waals surface area contributed by atoms with Crippen LogP contribution in [0.4, 0.5) is 0 Å². The molecule has 1 heterocycles. The second kappa shape index (κ2) is 11.4. The standard InChI is InChI=1S/C28H42O2/c1-21(2)11-8-12-22(3)13-9-14-23(4)15-10-17-28(6)18-16-25-20-26(29-7)19-24(5)27(25)30-28/h11,13,15,19-20H,8-10,12,14,16-18H2,1-7H3/b22-13+,23-15+/t28-/m0/s1. The Kier molecular flexibility index (Phi) is 9.27. The number of fused-ring (bicyclic) bond motifs is 1. The van der Waals surface area contributed by atoms with E-state index in [1.54, 1.807) is 7.11 Å². The molecule has 0 aromatic heterocycles. The van der Waals surface area contributed by atoms with Crippen LogP contribution in [0.1, 0.15) is 90.7 Å². The molecule has 0 unspecified atom stereocenters. The molecule has 0 radical (unpaired) electrons. The van der Waals surface area contributed by atoms with E-state index in [0.29, 0.717) is 0 Å². The van der Waals surface area contributed by atoms with Crippen molar-refractivity contribution in [2.45, 2.75) is 98.5 Å². The Hall–Kier alpha value is -1.96. The highest BCUT2D eigenvalue weighted by atomic mass is 16.5. The predicted molar refractivity (Wildman–Crippen MR) is 130 cm³/mol. The Labute approximate surface area is 185 Å². The lowest BCUT2D eigenvalue weighted by Crippen LogP contribution is -2.36. The van der Waals surface area contributed by atoms with Gasteiger partial charge in [0.1, 0.15) is 17.1 Å². The van der Waals surface area contributed by atoms with Crippen LogP contribution in [0.15, 0.2) is 47.1 Å². The third-order valence-corrected chi connectivity index (χ3v) is 6.12. The third-order valence-electron chi connectivity index (χ3n) is 6.12. The number of hydrogen-bond acceptors (Lipinski definition) is 2. The zero-order valence-electron chi connectivity index (χ0n) is 20.4. The zero-order chi connectivity index (χ0) is 22.1. The van der Waals surface area contributed by atoms with E-state index >= 15 is 0 Å². The van der Waals surface area contributed by atoms with Gasteiger partial charge in [0.05, 0.1) is 7.11 Å². The first-order chi connectivity index (χ1) is 14.2. The van der Waals surface area contributed by atoms with Crippen LogP contribution in [0.3, 0.4) is 0 Å². The highest BCUT2D eigenvalue weighted by Crippen LogP contribution is 2.40. The van der Waals surface area contributed by atoms with Gasteiger partial charge in [-0.3, -0.25) is 0 Å². The molecule has 166 valence electrons. The van der Waals surface area contributed by atoms with Crippen LogP contribution >= 0.6 is 0 Å². The lowest BCUT2D eigenvalue weighted by Gasteiger charge is -2.37. The van der Waals surface area contributed by atoms with E-state index in [0.717, 1.165) is 56.4 Å². The van der Waals surface area contributed by atoms with Gasteiger partial charge in [-0.05, 0) is 116 Å². The Morgan fingerprint density at radius 3 is 2.27 bits per heavy atom. The maximum atomic E-state index is 6.50. The van der Waals surface area contributed by atoms with Crippen molar-refractivity contribution >= 4 is 0 Å². The van der Waals surface area contributed by atoms with Gasteiger partial charge in [-0.2, -0.15) is 0 Å². The summed E-state index contributed by atoms with van der Waals surface area (Å²) < 4.78 is 11.9. The van der Waals surface area contributed by atoms with Crippen LogP contribution in [-0.2, 0) is 6.42 Å². The van der Waals surface area contributed by atoms with Crippen LogP contribution in [0.5, 0.6) is 11.5 Å². The van der Waals surface area contributed by atoms with Crippen molar-refractivity contribution in [2.75, 3.05) is 7.11 Å². The van der Waals surface area contributed by atoms with Crippen LogP contribution < -0.4 is 9.47 Å². The summed E-state index contributed by atoms with van der Waals surface area (Å²) in [6.45, 7) is 13.2. The number of allylic oxidation sites excluding steroid dienone is 6. The van der Waals surface area contributed by atoms with Gasteiger partial charge >= 0.3 is 0 Å². The molecule has 0 bridgehead atoms. The summed E-state index contributed by atoms with van der Waals surface area (Å²) in [5, 5.41) is 0. The number of benzene rings is 1. The van der Waals surface area contributed by atoms with Crippen molar-refractivity contribution in [3.63, 3.8) is 0 Å². The van der Waals surface area contributed by atoms with E-state index in [9.17, 15) is 0 Å². The van der Waals surface area contributed by atoms with Crippen LogP contribution in [0.2, 0.25) is 0 Å². The number of methoxy groups -OCH3 is 1. The Morgan fingerprint density at radius 2 is 1.63 bits per heavy atom. The number of rotatable bonds is 10. The fraction of sp³-hybridized carbons (Fsp3) is 0.571. The van der Waals surface area contributed by atoms with Gasteiger partial charge in [-0.15, -0.1) is 0 Å². The van der Waals surface area contributed by atoms with Gasteiger partial charge in [-0.1, -0.05) is 34.9 Å². The van der Waals surface area contributed by atoms with E-state index in [4.69, 9.17) is 9.47 Å². The third kappa shape index (κ3) is 7.70. The van der Waals surface area contributed by atoms with Gasteiger partial charge < -0.3 is 9.47 Å². The minimum Gasteiger partial charge on any atom is -0.497 e. The molecule has 2 nitrogen and oxygen atoms in total. The average molecular weight is 411 g/mol. The summed E-state index contributed by atoms with van der Waals surface area (Å²) >= 11 is 0. The summed E-state index contributed by atoms with van der Waals surface area (Å²) in [5.74, 6) is 2.00. The van der Waals surface area contributed by atoms with E-state index in [1.807, 2.05) is 0 Å². The Balaban J connectivity index is 1.81. The fourth-order valence-corrected chi connectivity index (χ4v) is 4.10. The van der Waals surface area contributed by atoms with Crippen LogP contribution in [-0.4, -0.2) is 12.7 Å². The molecule has 2 rings (SSSR count). The number of aryl methyl sites for hydroxylation is 2. The van der Waals surface area contributed by atoms with E-state index in [-0.39, 0.29) is 5.60 Å². The van der Waals surface area contributed by atoms with Crippen molar-refractivity contribution in [3.05, 3.63) is 58.2 Å². The first kappa shape index (κ1) is 24.3. The second-order valence-corrected chi connectivity index (χ2v) is 9.48. The van der Waals surface area contributed by atoms with Crippen molar-refractivity contribution in [1.82, 2.24) is 0 Å². The quantitative estimate of drug-likeness (QED) is 0.361. The molecule has 0 fully saturated rings. The molecule has 30 heavy (non-hydrogen) atoms. The minimum atomic E-state index is -0.0788. The Morgan fingerprint density at radius 1 is 1.00 bits per heavy atom. The first-order valence-corrected chi connectivity index (χ1v) is 11.5. The normalized spacial score (nSPS) is 19.2.